The number of fused-ring (bicyclic) bond motifs is 1. The first-order chi connectivity index (χ1) is 6.12. The van der Waals surface area contributed by atoms with Crippen LogP contribution in [0.2, 0.25) is 0 Å². The van der Waals surface area contributed by atoms with E-state index in [1.807, 2.05) is 0 Å². The van der Waals surface area contributed by atoms with Gasteiger partial charge >= 0.3 is 0 Å². The third-order valence-corrected chi connectivity index (χ3v) is 3.96. The Bertz CT molecular complexity index is 255. The Hall–Kier alpha value is -0.520. The summed E-state index contributed by atoms with van der Waals surface area (Å²) < 4.78 is 0. The summed E-state index contributed by atoms with van der Waals surface area (Å²) in [5.74, 6) is 0.884. The van der Waals surface area contributed by atoms with E-state index in [9.17, 15) is 0 Å². The van der Waals surface area contributed by atoms with E-state index in [0.717, 1.165) is 5.92 Å². The Labute approximate surface area is 81.7 Å². The summed E-state index contributed by atoms with van der Waals surface area (Å²) in [5.41, 5.74) is 3.43. The van der Waals surface area contributed by atoms with Crippen LogP contribution in [0.4, 0.5) is 0 Å². The summed E-state index contributed by atoms with van der Waals surface area (Å²) in [4.78, 5) is 0. The van der Waals surface area contributed by atoms with E-state index in [1.54, 1.807) is 5.57 Å². The highest BCUT2D eigenvalue weighted by molar-refractivity contribution is 5.32. The Morgan fingerprint density at radius 2 is 2.15 bits per heavy atom. The van der Waals surface area contributed by atoms with Gasteiger partial charge in [0.2, 0.25) is 0 Å². The fourth-order valence-electron chi connectivity index (χ4n) is 2.87. The third kappa shape index (κ3) is 1.37. The van der Waals surface area contributed by atoms with Crippen molar-refractivity contribution in [1.82, 2.24) is 0 Å². The SMILES string of the molecule is C=C1CCC2CCCC=C2C1(C)C. The summed E-state index contributed by atoms with van der Waals surface area (Å²) in [6, 6.07) is 0. The van der Waals surface area contributed by atoms with Gasteiger partial charge in [0.05, 0.1) is 0 Å². The van der Waals surface area contributed by atoms with Gasteiger partial charge in [0.25, 0.3) is 0 Å². The molecule has 0 radical (unpaired) electrons. The molecule has 1 unspecified atom stereocenters. The molecule has 0 spiro atoms. The minimum absolute atomic E-state index is 0.295. The highest BCUT2D eigenvalue weighted by Gasteiger charge is 2.36. The van der Waals surface area contributed by atoms with Crippen molar-refractivity contribution < 1.29 is 0 Å². The number of allylic oxidation sites excluding steroid dienone is 3. The van der Waals surface area contributed by atoms with Crippen LogP contribution >= 0.6 is 0 Å². The highest BCUT2D eigenvalue weighted by atomic mass is 14.4. The van der Waals surface area contributed by atoms with Crippen LogP contribution in [-0.4, -0.2) is 0 Å². The largest absolute Gasteiger partial charge is 0.0990 e. The first-order valence-electron chi connectivity index (χ1n) is 5.51. The van der Waals surface area contributed by atoms with Crippen molar-refractivity contribution in [1.29, 1.82) is 0 Å². The van der Waals surface area contributed by atoms with Gasteiger partial charge in [-0.05, 0) is 38.0 Å². The molecule has 0 bridgehead atoms. The molecule has 0 aromatic carbocycles. The zero-order valence-electron chi connectivity index (χ0n) is 8.90. The van der Waals surface area contributed by atoms with Crippen molar-refractivity contribution in [3.05, 3.63) is 23.8 Å². The molecule has 1 atom stereocenters. The summed E-state index contributed by atoms with van der Waals surface area (Å²) >= 11 is 0. The maximum absolute atomic E-state index is 4.22. The van der Waals surface area contributed by atoms with Crippen LogP contribution in [0.25, 0.3) is 0 Å². The summed E-state index contributed by atoms with van der Waals surface area (Å²) in [6.07, 6.45) is 9.20. The Balaban J connectivity index is 2.33. The molecule has 1 fully saturated rings. The summed E-state index contributed by atoms with van der Waals surface area (Å²) in [5, 5.41) is 0. The average Bonchev–Trinajstić information content (AvgIpc) is 2.13. The molecule has 2 aliphatic rings. The van der Waals surface area contributed by atoms with Crippen molar-refractivity contribution in [2.24, 2.45) is 11.3 Å². The zero-order valence-corrected chi connectivity index (χ0v) is 8.90. The quantitative estimate of drug-likeness (QED) is 0.488. The van der Waals surface area contributed by atoms with Crippen LogP contribution in [0.15, 0.2) is 23.8 Å². The Morgan fingerprint density at radius 3 is 2.92 bits per heavy atom. The minimum atomic E-state index is 0.295. The van der Waals surface area contributed by atoms with Gasteiger partial charge in [-0.15, -0.1) is 0 Å². The molecule has 0 amide bonds. The predicted octanol–water partition coefficient (Wildman–Crippen LogP) is 4.09. The second kappa shape index (κ2) is 3.01. The van der Waals surface area contributed by atoms with E-state index < -0.39 is 0 Å². The van der Waals surface area contributed by atoms with Crippen LogP contribution in [0.1, 0.15) is 46.0 Å². The summed E-state index contributed by atoms with van der Waals surface area (Å²) in [7, 11) is 0. The van der Waals surface area contributed by atoms with Crippen LogP contribution in [-0.2, 0) is 0 Å². The standard InChI is InChI=1S/C13H20/c1-10-8-9-11-6-4-5-7-12(11)13(10,2)3/h7,11H,1,4-6,8-9H2,2-3H3. The van der Waals surface area contributed by atoms with Crippen molar-refractivity contribution in [3.8, 4) is 0 Å². The fourth-order valence-corrected chi connectivity index (χ4v) is 2.87. The molecule has 0 aromatic rings. The van der Waals surface area contributed by atoms with Crippen molar-refractivity contribution in [3.63, 3.8) is 0 Å². The molecule has 0 aliphatic heterocycles. The maximum Gasteiger partial charge on any atom is 0.00640 e. The lowest BCUT2D eigenvalue weighted by molar-refractivity contribution is 0.331. The molecule has 1 saturated carbocycles. The zero-order chi connectivity index (χ0) is 9.47. The van der Waals surface area contributed by atoms with Crippen LogP contribution in [0.5, 0.6) is 0 Å². The smallest absolute Gasteiger partial charge is 0.00640 e. The molecule has 2 aliphatic carbocycles. The fraction of sp³-hybridized carbons (Fsp3) is 0.692. The van der Waals surface area contributed by atoms with Gasteiger partial charge in [0.1, 0.15) is 0 Å². The number of hydrogen-bond donors (Lipinski definition) is 0. The van der Waals surface area contributed by atoms with Crippen molar-refractivity contribution in [2.75, 3.05) is 0 Å². The Morgan fingerprint density at radius 1 is 1.38 bits per heavy atom. The van der Waals surface area contributed by atoms with Gasteiger partial charge in [0, 0.05) is 5.41 Å². The lowest BCUT2D eigenvalue weighted by atomic mass is 9.62. The molecule has 0 N–H and O–H groups in total. The topological polar surface area (TPSA) is 0 Å². The van der Waals surface area contributed by atoms with Crippen molar-refractivity contribution in [2.45, 2.75) is 46.0 Å². The van der Waals surface area contributed by atoms with Gasteiger partial charge in [-0.2, -0.15) is 0 Å². The third-order valence-electron chi connectivity index (χ3n) is 3.96. The van der Waals surface area contributed by atoms with Gasteiger partial charge < -0.3 is 0 Å². The lowest BCUT2D eigenvalue weighted by Gasteiger charge is -2.42. The van der Waals surface area contributed by atoms with Crippen LogP contribution in [0.3, 0.4) is 0 Å². The van der Waals surface area contributed by atoms with Gasteiger partial charge in [-0.3, -0.25) is 0 Å². The number of hydrogen-bond acceptors (Lipinski definition) is 0. The highest BCUT2D eigenvalue weighted by Crippen LogP contribution is 2.49. The van der Waals surface area contributed by atoms with Crippen LogP contribution in [0, 0.1) is 11.3 Å². The molecular weight excluding hydrogens is 156 g/mol. The molecule has 72 valence electrons. The lowest BCUT2D eigenvalue weighted by Crippen LogP contribution is -2.29. The van der Waals surface area contributed by atoms with E-state index in [-0.39, 0.29) is 0 Å². The first-order valence-corrected chi connectivity index (χ1v) is 5.51. The molecule has 0 nitrogen and oxygen atoms in total. The molecular formula is C13H20. The number of rotatable bonds is 0. The summed E-state index contributed by atoms with van der Waals surface area (Å²) in [6.45, 7) is 8.91. The molecule has 0 heterocycles. The minimum Gasteiger partial charge on any atom is -0.0990 e. The second-order valence-electron chi connectivity index (χ2n) is 5.05. The average molecular weight is 176 g/mol. The molecule has 2 rings (SSSR count). The molecule has 0 heteroatoms. The Kier molecular flexibility index (Phi) is 2.09. The monoisotopic (exact) mass is 176 g/mol. The van der Waals surface area contributed by atoms with E-state index in [4.69, 9.17) is 0 Å². The van der Waals surface area contributed by atoms with Crippen LogP contribution < -0.4 is 0 Å². The van der Waals surface area contributed by atoms with E-state index >= 15 is 0 Å². The normalized spacial score (nSPS) is 32.3. The van der Waals surface area contributed by atoms with E-state index in [1.165, 1.54) is 37.7 Å². The predicted molar refractivity (Wildman–Crippen MR) is 57.6 cm³/mol. The maximum atomic E-state index is 4.22. The first kappa shape index (κ1) is 9.05. The molecule has 0 saturated heterocycles. The van der Waals surface area contributed by atoms with Gasteiger partial charge in [-0.1, -0.05) is 37.6 Å². The van der Waals surface area contributed by atoms with Gasteiger partial charge in [0.15, 0.2) is 0 Å². The van der Waals surface area contributed by atoms with E-state index in [2.05, 4.69) is 26.5 Å². The second-order valence-corrected chi connectivity index (χ2v) is 5.05. The van der Waals surface area contributed by atoms with Crippen molar-refractivity contribution >= 4 is 0 Å². The molecule has 13 heavy (non-hydrogen) atoms. The van der Waals surface area contributed by atoms with E-state index in [0.29, 0.717) is 5.41 Å². The molecule has 0 aromatic heterocycles. The van der Waals surface area contributed by atoms with Gasteiger partial charge in [-0.25, -0.2) is 0 Å².